The van der Waals surface area contributed by atoms with Crippen molar-refractivity contribution >= 4 is 17.4 Å². The zero-order valence-corrected chi connectivity index (χ0v) is 21.1. The number of aliphatic hydroxyl groups excluding tert-OH is 1. The van der Waals surface area contributed by atoms with Gasteiger partial charge >= 0.3 is 0 Å². The van der Waals surface area contributed by atoms with E-state index in [2.05, 4.69) is 11.5 Å². The van der Waals surface area contributed by atoms with E-state index >= 15 is 0 Å². The molecule has 4 rings (SSSR count). The molecule has 2 fully saturated rings. The molecule has 1 atom stereocenters. The summed E-state index contributed by atoms with van der Waals surface area (Å²) in [5.74, 6) is -0.238. The molecule has 2 aliphatic heterocycles. The van der Waals surface area contributed by atoms with E-state index in [0.29, 0.717) is 61.3 Å². The van der Waals surface area contributed by atoms with Crippen LogP contribution in [0.25, 0.3) is 5.76 Å². The van der Waals surface area contributed by atoms with Crippen LogP contribution in [0.5, 0.6) is 17.2 Å². The zero-order chi connectivity index (χ0) is 26.4. The van der Waals surface area contributed by atoms with Crippen LogP contribution in [0.15, 0.2) is 60.7 Å². The number of ketones is 1. The first-order valence-electron chi connectivity index (χ1n) is 12.1. The number of Topliss-reactive ketones (excluding diaryl/α,β-unsaturated/α-hetero) is 1. The fraction of sp³-hybridized carbons (Fsp3) is 0.357. The van der Waals surface area contributed by atoms with Crippen LogP contribution in [-0.4, -0.2) is 86.8 Å². The van der Waals surface area contributed by atoms with E-state index in [9.17, 15) is 14.7 Å². The highest BCUT2D eigenvalue weighted by molar-refractivity contribution is 6.46. The number of aliphatic hydroxyl groups is 1. The summed E-state index contributed by atoms with van der Waals surface area (Å²) in [5, 5.41) is 11.4. The largest absolute Gasteiger partial charge is 0.507 e. The molecule has 0 radical (unpaired) electrons. The molecule has 1 amide bonds. The number of ether oxygens (including phenoxy) is 4. The number of likely N-dealkylation sites (tertiary alicyclic amines) is 1. The number of benzene rings is 2. The molecule has 2 aromatic rings. The summed E-state index contributed by atoms with van der Waals surface area (Å²) in [6.07, 6.45) is 1.63. The third kappa shape index (κ3) is 5.47. The lowest BCUT2D eigenvalue weighted by molar-refractivity contribution is -0.140. The molecule has 2 saturated heterocycles. The minimum Gasteiger partial charge on any atom is -0.507 e. The highest BCUT2D eigenvalue weighted by atomic mass is 16.5. The lowest BCUT2D eigenvalue weighted by Gasteiger charge is -2.31. The summed E-state index contributed by atoms with van der Waals surface area (Å²) >= 11 is 0. The van der Waals surface area contributed by atoms with Crippen molar-refractivity contribution in [3.8, 4) is 17.2 Å². The minimum absolute atomic E-state index is 0.00158. The second kappa shape index (κ2) is 11.9. The van der Waals surface area contributed by atoms with Gasteiger partial charge in [-0.05, 0) is 30.3 Å². The number of para-hydroxylation sites is 1. The molecule has 37 heavy (non-hydrogen) atoms. The molecule has 9 nitrogen and oxygen atoms in total. The zero-order valence-electron chi connectivity index (χ0n) is 21.1. The summed E-state index contributed by atoms with van der Waals surface area (Å²) in [6, 6.07) is 11.1. The summed E-state index contributed by atoms with van der Waals surface area (Å²) in [4.78, 5) is 30.4. The van der Waals surface area contributed by atoms with Gasteiger partial charge < -0.3 is 29.0 Å². The lowest BCUT2D eigenvalue weighted by Crippen LogP contribution is -2.42. The van der Waals surface area contributed by atoms with Crippen molar-refractivity contribution in [3.05, 3.63) is 71.8 Å². The molecular formula is C28H32N2O7. The van der Waals surface area contributed by atoms with E-state index < -0.39 is 17.7 Å². The first kappa shape index (κ1) is 26.2. The van der Waals surface area contributed by atoms with Crippen LogP contribution in [0.1, 0.15) is 17.2 Å². The maximum atomic E-state index is 13.4. The van der Waals surface area contributed by atoms with Crippen molar-refractivity contribution < 1.29 is 33.6 Å². The predicted octanol–water partition coefficient (Wildman–Crippen LogP) is 3.02. The van der Waals surface area contributed by atoms with Crippen molar-refractivity contribution in [3.63, 3.8) is 0 Å². The molecule has 0 aliphatic carbocycles. The number of carbonyl (C=O) groups is 2. The second-order valence-electron chi connectivity index (χ2n) is 8.65. The second-order valence-corrected chi connectivity index (χ2v) is 8.65. The number of amides is 1. The van der Waals surface area contributed by atoms with Gasteiger partial charge in [-0.1, -0.05) is 24.8 Å². The fourth-order valence-electron chi connectivity index (χ4n) is 4.65. The standard InChI is InChI=1S/C28H32N2O7/c1-4-16-37-20-10-8-19(9-11-20)25(31)23-24(21-6-5-7-22(34-2)27(21)35-3)30(28(33)26(23)32)13-12-29-14-17-36-18-15-29/h4-11,24,31H,1,12-18H2,2-3H3/b25-23-. The van der Waals surface area contributed by atoms with Gasteiger partial charge in [-0.3, -0.25) is 14.5 Å². The highest BCUT2D eigenvalue weighted by Gasteiger charge is 2.47. The molecule has 1 unspecified atom stereocenters. The Labute approximate surface area is 216 Å². The molecule has 2 aliphatic rings. The third-order valence-electron chi connectivity index (χ3n) is 6.52. The van der Waals surface area contributed by atoms with Crippen molar-refractivity contribution in [1.29, 1.82) is 0 Å². The van der Waals surface area contributed by atoms with Gasteiger partial charge in [0.1, 0.15) is 18.1 Å². The Morgan fingerprint density at radius 2 is 1.81 bits per heavy atom. The first-order valence-corrected chi connectivity index (χ1v) is 12.1. The van der Waals surface area contributed by atoms with Gasteiger partial charge in [0.15, 0.2) is 11.5 Å². The molecule has 0 bridgehead atoms. The van der Waals surface area contributed by atoms with Crippen molar-refractivity contribution in [1.82, 2.24) is 9.80 Å². The molecule has 196 valence electrons. The number of rotatable bonds is 10. The van der Waals surface area contributed by atoms with Crippen LogP contribution < -0.4 is 14.2 Å². The van der Waals surface area contributed by atoms with Crippen LogP contribution in [0.4, 0.5) is 0 Å². The van der Waals surface area contributed by atoms with E-state index in [4.69, 9.17) is 18.9 Å². The molecule has 2 aromatic carbocycles. The molecule has 9 heteroatoms. The quantitative estimate of drug-likeness (QED) is 0.226. The van der Waals surface area contributed by atoms with Crippen LogP contribution in [0.2, 0.25) is 0 Å². The Kier molecular flexibility index (Phi) is 8.47. The molecular weight excluding hydrogens is 476 g/mol. The average molecular weight is 509 g/mol. The molecule has 2 heterocycles. The normalized spacial score (nSPS) is 19.6. The minimum atomic E-state index is -0.859. The van der Waals surface area contributed by atoms with Gasteiger partial charge in [-0.15, -0.1) is 0 Å². The van der Waals surface area contributed by atoms with Gasteiger partial charge in [-0.2, -0.15) is 0 Å². The fourth-order valence-corrected chi connectivity index (χ4v) is 4.65. The Morgan fingerprint density at radius 3 is 2.46 bits per heavy atom. The SMILES string of the molecule is C=CCOc1ccc(/C(O)=C2/C(=O)C(=O)N(CCN3CCOCC3)C2c2cccc(OC)c2OC)cc1. The monoisotopic (exact) mass is 508 g/mol. The van der Waals surface area contributed by atoms with Gasteiger partial charge in [0, 0.05) is 37.3 Å². The summed E-state index contributed by atoms with van der Waals surface area (Å²) < 4.78 is 22.1. The Hall–Kier alpha value is -3.82. The van der Waals surface area contributed by atoms with E-state index in [1.54, 1.807) is 48.5 Å². The number of hydrogen-bond acceptors (Lipinski definition) is 8. The molecule has 0 saturated carbocycles. The van der Waals surface area contributed by atoms with Crippen molar-refractivity contribution in [2.24, 2.45) is 0 Å². The predicted molar refractivity (Wildman–Crippen MR) is 138 cm³/mol. The average Bonchev–Trinajstić information content (AvgIpc) is 3.19. The van der Waals surface area contributed by atoms with Gasteiger partial charge in [-0.25, -0.2) is 0 Å². The first-order chi connectivity index (χ1) is 18.0. The van der Waals surface area contributed by atoms with Gasteiger partial charge in [0.2, 0.25) is 0 Å². The maximum Gasteiger partial charge on any atom is 0.295 e. The van der Waals surface area contributed by atoms with Crippen molar-refractivity contribution in [2.45, 2.75) is 6.04 Å². The number of nitrogens with zero attached hydrogens (tertiary/aromatic N) is 2. The molecule has 0 aromatic heterocycles. The van der Waals surface area contributed by atoms with E-state index in [1.165, 1.54) is 19.1 Å². The van der Waals surface area contributed by atoms with Gasteiger partial charge in [0.05, 0.1) is 39.0 Å². The lowest BCUT2D eigenvalue weighted by atomic mass is 9.94. The van der Waals surface area contributed by atoms with Crippen molar-refractivity contribution in [2.75, 3.05) is 60.2 Å². The third-order valence-corrected chi connectivity index (χ3v) is 6.52. The Bertz CT molecular complexity index is 1170. The highest BCUT2D eigenvalue weighted by Crippen LogP contribution is 2.45. The maximum absolute atomic E-state index is 13.4. The van der Waals surface area contributed by atoms with Gasteiger partial charge in [0.25, 0.3) is 11.7 Å². The van der Waals surface area contributed by atoms with Crippen LogP contribution in [0, 0.1) is 0 Å². The topological polar surface area (TPSA) is 97.8 Å². The summed E-state index contributed by atoms with van der Waals surface area (Å²) in [7, 11) is 3.02. The van der Waals surface area contributed by atoms with E-state index in [-0.39, 0.29) is 11.3 Å². The summed E-state index contributed by atoms with van der Waals surface area (Å²) in [5.41, 5.74) is 0.942. The van der Waals surface area contributed by atoms with Crippen LogP contribution >= 0.6 is 0 Å². The molecule has 1 N–H and O–H groups in total. The Balaban J connectivity index is 1.77. The number of hydrogen-bond donors (Lipinski definition) is 1. The van der Waals surface area contributed by atoms with E-state index in [0.717, 1.165) is 13.1 Å². The number of carbonyl (C=O) groups excluding carboxylic acids is 2. The molecule has 0 spiro atoms. The van der Waals surface area contributed by atoms with Crippen LogP contribution in [-0.2, 0) is 14.3 Å². The summed E-state index contributed by atoms with van der Waals surface area (Å²) in [6.45, 7) is 7.57. The number of methoxy groups -OCH3 is 2. The number of morpholine rings is 1. The van der Waals surface area contributed by atoms with E-state index in [1.807, 2.05) is 0 Å². The van der Waals surface area contributed by atoms with Crippen LogP contribution in [0.3, 0.4) is 0 Å². The Morgan fingerprint density at radius 1 is 1.08 bits per heavy atom. The smallest absolute Gasteiger partial charge is 0.295 e.